The molecule has 1 unspecified atom stereocenters. The number of hydrogen-bond donors (Lipinski definition) is 1. The van der Waals surface area contributed by atoms with Crippen LogP contribution in [-0.2, 0) is 4.79 Å². The third kappa shape index (κ3) is 2.59. The molecule has 3 nitrogen and oxygen atoms in total. The summed E-state index contributed by atoms with van der Waals surface area (Å²) in [5.41, 5.74) is 2.50. The Kier molecular flexibility index (Phi) is 3.55. The summed E-state index contributed by atoms with van der Waals surface area (Å²) >= 11 is 5.68. The summed E-state index contributed by atoms with van der Waals surface area (Å²) in [6.07, 6.45) is 0.331. The molecule has 0 saturated heterocycles. The van der Waals surface area contributed by atoms with Crippen LogP contribution in [0.25, 0.3) is 0 Å². The van der Waals surface area contributed by atoms with Crippen molar-refractivity contribution in [2.75, 3.05) is 17.3 Å². The summed E-state index contributed by atoms with van der Waals surface area (Å²) in [6, 6.07) is 12.1. The first-order valence-electron chi connectivity index (χ1n) is 6.63. The van der Waals surface area contributed by atoms with Gasteiger partial charge in [-0.2, -0.15) is 0 Å². The fraction of sp³-hybridized carbons (Fsp3) is 0.188. The van der Waals surface area contributed by atoms with Gasteiger partial charge in [-0.1, -0.05) is 29.8 Å². The number of nitrogens with zero attached hydrogens (tertiary/aromatic N) is 1. The van der Waals surface area contributed by atoms with E-state index in [1.807, 2.05) is 24.3 Å². The van der Waals surface area contributed by atoms with Crippen molar-refractivity contribution >= 4 is 28.9 Å². The van der Waals surface area contributed by atoms with Crippen LogP contribution in [0.4, 0.5) is 15.8 Å². The van der Waals surface area contributed by atoms with Gasteiger partial charge in [0.2, 0.25) is 5.91 Å². The topological polar surface area (TPSA) is 32.3 Å². The minimum atomic E-state index is -0.478. The molecule has 1 atom stereocenters. The Hall–Kier alpha value is -2.07. The zero-order chi connectivity index (χ0) is 15.0. The maximum absolute atomic E-state index is 13.5. The molecule has 108 valence electrons. The standard InChI is InChI=1S/C16H14ClFN2O/c1-20-15-5-3-2-4-11(15)14(9-16(20)21)19-10-6-7-12(17)13(18)8-10/h2-8,14,19H,9H2,1H3. The Morgan fingerprint density at radius 3 is 2.81 bits per heavy atom. The molecule has 1 N–H and O–H groups in total. The molecule has 1 aliphatic heterocycles. The maximum Gasteiger partial charge on any atom is 0.229 e. The minimum Gasteiger partial charge on any atom is -0.378 e. The van der Waals surface area contributed by atoms with Gasteiger partial charge in [0.25, 0.3) is 0 Å². The van der Waals surface area contributed by atoms with Gasteiger partial charge >= 0.3 is 0 Å². The molecule has 3 rings (SSSR count). The Bertz CT molecular complexity index is 704. The lowest BCUT2D eigenvalue weighted by Crippen LogP contribution is -2.35. The van der Waals surface area contributed by atoms with Crippen LogP contribution in [0.15, 0.2) is 42.5 Å². The predicted octanol–water partition coefficient (Wildman–Crippen LogP) is 4.00. The highest BCUT2D eigenvalue weighted by atomic mass is 35.5. The van der Waals surface area contributed by atoms with Gasteiger partial charge in [0, 0.05) is 18.4 Å². The third-order valence-electron chi connectivity index (χ3n) is 3.69. The molecular weight excluding hydrogens is 291 g/mol. The normalized spacial score (nSPS) is 17.6. The van der Waals surface area contributed by atoms with Gasteiger partial charge in [0.05, 0.1) is 17.5 Å². The number of anilines is 2. The molecule has 0 saturated carbocycles. The quantitative estimate of drug-likeness (QED) is 0.909. The van der Waals surface area contributed by atoms with E-state index < -0.39 is 5.82 Å². The number of para-hydroxylation sites is 1. The van der Waals surface area contributed by atoms with Crippen LogP contribution in [0.5, 0.6) is 0 Å². The smallest absolute Gasteiger partial charge is 0.229 e. The van der Waals surface area contributed by atoms with Crippen LogP contribution in [0.2, 0.25) is 5.02 Å². The van der Waals surface area contributed by atoms with Crippen molar-refractivity contribution in [2.24, 2.45) is 0 Å². The van der Waals surface area contributed by atoms with Crippen LogP contribution in [0.1, 0.15) is 18.0 Å². The Morgan fingerprint density at radius 2 is 2.05 bits per heavy atom. The SMILES string of the molecule is CN1C(=O)CC(Nc2ccc(Cl)c(F)c2)c2ccccc21. The molecule has 21 heavy (non-hydrogen) atoms. The van der Waals surface area contributed by atoms with E-state index in [1.165, 1.54) is 12.1 Å². The fourth-order valence-corrected chi connectivity index (χ4v) is 2.68. The third-order valence-corrected chi connectivity index (χ3v) is 3.99. The van der Waals surface area contributed by atoms with Crippen LogP contribution in [0, 0.1) is 5.82 Å². The van der Waals surface area contributed by atoms with E-state index in [1.54, 1.807) is 18.0 Å². The lowest BCUT2D eigenvalue weighted by molar-refractivity contribution is -0.118. The average molecular weight is 305 g/mol. The fourth-order valence-electron chi connectivity index (χ4n) is 2.56. The van der Waals surface area contributed by atoms with E-state index >= 15 is 0 Å². The second kappa shape index (κ2) is 5.37. The second-order valence-corrected chi connectivity index (χ2v) is 5.45. The zero-order valence-corrected chi connectivity index (χ0v) is 12.2. The number of fused-ring (bicyclic) bond motifs is 1. The van der Waals surface area contributed by atoms with Gasteiger partial charge < -0.3 is 10.2 Å². The number of nitrogens with one attached hydrogen (secondary N) is 1. The summed E-state index contributed by atoms with van der Waals surface area (Å²) in [5, 5.41) is 3.29. The zero-order valence-electron chi connectivity index (χ0n) is 11.4. The van der Waals surface area contributed by atoms with Crippen LogP contribution >= 0.6 is 11.6 Å². The molecule has 5 heteroatoms. The van der Waals surface area contributed by atoms with Crippen molar-refractivity contribution < 1.29 is 9.18 Å². The molecule has 2 aromatic rings. The molecule has 0 bridgehead atoms. The number of benzene rings is 2. The minimum absolute atomic E-state index is 0.0284. The first-order chi connectivity index (χ1) is 10.1. The molecule has 0 aliphatic carbocycles. The second-order valence-electron chi connectivity index (χ2n) is 5.04. The lowest BCUT2D eigenvalue weighted by Gasteiger charge is -2.32. The van der Waals surface area contributed by atoms with Gasteiger partial charge in [-0.15, -0.1) is 0 Å². The average Bonchev–Trinajstić information content (AvgIpc) is 2.48. The van der Waals surface area contributed by atoms with Crippen LogP contribution in [-0.4, -0.2) is 13.0 Å². The Labute approximate surface area is 127 Å². The molecule has 0 spiro atoms. The highest BCUT2D eigenvalue weighted by Gasteiger charge is 2.28. The number of rotatable bonds is 2. The largest absolute Gasteiger partial charge is 0.378 e. The maximum atomic E-state index is 13.5. The highest BCUT2D eigenvalue weighted by molar-refractivity contribution is 6.30. The summed E-state index contributed by atoms with van der Waals surface area (Å²) < 4.78 is 13.5. The van der Waals surface area contributed by atoms with Crippen molar-refractivity contribution in [1.82, 2.24) is 0 Å². The highest BCUT2D eigenvalue weighted by Crippen LogP contribution is 2.35. The van der Waals surface area contributed by atoms with E-state index in [4.69, 9.17) is 11.6 Å². The summed E-state index contributed by atoms with van der Waals surface area (Å²) in [5.74, 6) is -0.449. The summed E-state index contributed by atoms with van der Waals surface area (Å²) in [6.45, 7) is 0. The van der Waals surface area contributed by atoms with Gasteiger partial charge in [0.1, 0.15) is 5.82 Å². The number of carbonyl (C=O) groups is 1. The molecular formula is C16H14ClFN2O. The number of halogens is 2. The van der Waals surface area contributed by atoms with E-state index in [0.29, 0.717) is 12.1 Å². The first kappa shape index (κ1) is 13.9. The molecule has 0 fully saturated rings. The van der Waals surface area contributed by atoms with Gasteiger partial charge in [-0.3, -0.25) is 4.79 Å². The van der Waals surface area contributed by atoms with Crippen molar-refractivity contribution in [1.29, 1.82) is 0 Å². The Balaban J connectivity index is 1.93. The number of amides is 1. The predicted molar refractivity (Wildman–Crippen MR) is 82.2 cm³/mol. The molecule has 1 aliphatic rings. The van der Waals surface area contributed by atoms with E-state index in [9.17, 15) is 9.18 Å². The van der Waals surface area contributed by atoms with Gasteiger partial charge in [0.15, 0.2) is 0 Å². The molecule has 0 aromatic heterocycles. The van der Waals surface area contributed by atoms with Crippen molar-refractivity contribution in [3.05, 3.63) is 58.9 Å². The summed E-state index contributed by atoms with van der Waals surface area (Å²) in [7, 11) is 1.76. The molecule has 1 heterocycles. The van der Waals surface area contributed by atoms with Crippen molar-refractivity contribution in [3.63, 3.8) is 0 Å². The molecule has 2 aromatic carbocycles. The first-order valence-corrected chi connectivity index (χ1v) is 7.01. The van der Waals surface area contributed by atoms with E-state index in [2.05, 4.69) is 5.32 Å². The molecule has 1 amide bonds. The monoisotopic (exact) mass is 304 g/mol. The lowest BCUT2D eigenvalue weighted by atomic mass is 9.96. The van der Waals surface area contributed by atoms with Crippen molar-refractivity contribution in [2.45, 2.75) is 12.5 Å². The number of carbonyl (C=O) groups excluding carboxylic acids is 1. The van der Waals surface area contributed by atoms with Crippen LogP contribution < -0.4 is 10.2 Å². The van der Waals surface area contributed by atoms with Crippen molar-refractivity contribution in [3.8, 4) is 0 Å². The molecule has 0 radical (unpaired) electrons. The van der Waals surface area contributed by atoms with E-state index in [-0.39, 0.29) is 17.0 Å². The summed E-state index contributed by atoms with van der Waals surface area (Å²) in [4.78, 5) is 13.7. The van der Waals surface area contributed by atoms with E-state index in [0.717, 1.165) is 11.3 Å². The van der Waals surface area contributed by atoms with Gasteiger partial charge in [-0.05, 0) is 29.8 Å². The number of hydrogen-bond acceptors (Lipinski definition) is 2. The Morgan fingerprint density at radius 1 is 1.29 bits per heavy atom. The van der Waals surface area contributed by atoms with Gasteiger partial charge in [-0.25, -0.2) is 4.39 Å². The van der Waals surface area contributed by atoms with Crippen LogP contribution in [0.3, 0.4) is 0 Å².